The van der Waals surface area contributed by atoms with Crippen molar-refractivity contribution in [3.63, 3.8) is 0 Å². The number of carbonyl (C=O) groups is 1. The van der Waals surface area contributed by atoms with E-state index in [1.165, 1.54) is 53.4 Å². The molecule has 9 nitrogen and oxygen atoms in total. The van der Waals surface area contributed by atoms with E-state index in [-0.39, 0.29) is 48.7 Å². The van der Waals surface area contributed by atoms with Gasteiger partial charge in [-0.3, -0.25) is 0 Å². The molecule has 0 saturated carbocycles. The third-order valence-electron chi connectivity index (χ3n) is 6.78. The van der Waals surface area contributed by atoms with Gasteiger partial charge in [-0.15, -0.1) is 11.8 Å². The summed E-state index contributed by atoms with van der Waals surface area (Å²) >= 11 is 1.35. The molecule has 1 fully saturated rings. The third-order valence-corrected chi connectivity index (χ3v) is 8.23. The lowest BCUT2D eigenvalue weighted by atomic mass is 9.89. The molecule has 45 heavy (non-hydrogen) atoms. The molecule has 2 aromatic carbocycles. The van der Waals surface area contributed by atoms with Crippen molar-refractivity contribution in [2.75, 3.05) is 19.8 Å². The van der Waals surface area contributed by atoms with Crippen molar-refractivity contribution in [3.05, 3.63) is 101 Å². The number of rotatable bonds is 12. The Morgan fingerprint density at radius 2 is 1.93 bits per heavy atom. The van der Waals surface area contributed by atoms with E-state index in [0.717, 1.165) is 12.1 Å². The topological polar surface area (TPSA) is 108 Å². The van der Waals surface area contributed by atoms with Crippen LogP contribution >= 0.6 is 11.8 Å². The Labute approximate surface area is 263 Å². The van der Waals surface area contributed by atoms with E-state index >= 15 is 4.39 Å². The van der Waals surface area contributed by atoms with Crippen LogP contribution in [0, 0.1) is 34.7 Å². The molecule has 0 radical (unpaired) electrons. The second-order valence-electron chi connectivity index (χ2n) is 10.7. The van der Waals surface area contributed by atoms with Crippen LogP contribution in [0.1, 0.15) is 37.5 Å². The lowest BCUT2D eigenvalue weighted by molar-refractivity contribution is -0.146. The highest BCUT2D eigenvalue weighted by molar-refractivity contribution is 8.00. The first-order chi connectivity index (χ1) is 21.6. The summed E-state index contributed by atoms with van der Waals surface area (Å²) in [6.07, 6.45) is 7.56. The monoisotopic (exact) mass is 642 g/mol. The second-order valence-corrected chi connectivity index (χ2v) is 12.3. The van der Waals surface area contributed by atoms with E-state index in [9.17, 15) is 13.6 Å². The SMILES string of the molecule is CC(C)COC(=O)O[C@@](Cn1cncn1)(c1ccc(F)cc1F)C(C)SC1COC(/C=C/C=C/c2ccc(C#N)cc2F)OC1. The van der Waals surface area contributed by atoms with Crippen molar-refractivity contribution >= 4 is 24.0 Å². The number of ether oxygens (including phenoxy) is 4. The minimum absolute atomic E-state index is 0.0304. The van der Waals surface area contributed by atoms with Gasteiger partial charge in [0.25, 0.3) is 0 Å². The van der Waals surface area contributed by atoms with Crippen LogP contribution in [0.3, 0.4) is 0 Å². The Kier molecular flexibility index (Phi) is 11.8. The molecule has 0 bridgehead atoms. The molecule has 238 valence electrons. The minimum atomic E-state index is -1.69. The summed E-state index contributed by atoms with van der Waals surface area (Å²) in [7, 11) is 0. The standard InChI is InChI=1S/C32H33F3N4O5S/c1-21(2)15-43-31(40)44-32(18-39-20-37-19-38-39,27-11-10-25(33)13-29(27)35)22(3)45-26-16-41-30(42-17-26)7-5-4-6-24-9-8-23(14-36)12-28(24)34/h4-13,19-22,26,30H,15-18H2,1-3H3/b6-4+,7-5+/t22?,26?,30?,32-/m1/s1. The zero-order valence-electron chi connectivity index (χ0n) is 24.9. The molecule has 0 N–H and O–H groups in total. The molecule has 13 heteroatoms. The minimum Gasteiger partial charge on any atom is -0.434 e. The molecule has 3 aromatic rings. The van der Waals surface area contributed by atoms with Crippen LogP contribution in [0.5, 0.6) is 0 Å². The summed E-state index contributed by atoms with van der Waals surface area (Å²) in [5.41, 5.74) is -1.17. The molecule has 0 spiro atoms. The van der Waals surface area contributed by atoms with Crippen molar-refractivity contribution in [2.24, 2.45) is 5.92 Å². The zero-order valence-corrected chi connectivity index (χ0v) is 25.8. The van der Waals surface area contributed by atoms with Gasteiger partial charge in [0.15, 0.2) is 11.9 Å². The highest BCUT2D eigenvalue weighted by Crippen LogP contribution is 2.42. The van der Waals surface area contributed by atoms with Crippen LogP contribution < -0.4 is 0 Å². The Morgan fingerprint density at radius 3 is 2.58 bits per heavy atom. The number of halogens is 3. The van der Waals surface area contributed by atoms with Crippen LogP contribution in [0.4, 0.5) is 18.0 Å². The van der Waals surface area contributed by atoms with Crippen molar-refractivity contribution in [2.45, 2.75) is 49.7 Å². The molecule has 2 heterocycles. The van der Waals surface area contributed by atoms with Gasteiger partial charge in [-0.1, -0.05) is 38.1 Å². The molecule has 1 aromatic heterocycles. The molecule has 1 saturated heterocycles. The van der Waals surface area contributed by atoms with Crippen LogP contribution in [-0.2, 0) is 31.1 Å². The van der Waals surface area contributed by atoms with Gasteiger partial charge < -0.3 is 18.9 Å². The average molecular weight is 643 g/mol. The van der Waals surface area contributed by atoms with Gasteiger partial charge in [-0.2, -0.15) is 10.4 Å². The number of carbonyl (C=O) groups excluding carboxylic acids is 1. The first-order valence-electron chi connectivity index (χ1n) is 14.2. The zero-order chi connectivity index (χ0) is 32.4. The summed E-state index contributed by atoms with van der Waals surface area (Å²) < 4.78 is 67.8. The van der Waals surface area contributed by atoms with Gasteiger partial charge in [0.05, 0.1) is 43.2 Å². The number of aromatic nitrogens is 3. The van der Waals surface area contributed by atoms with Gasteiger partial charge in [0.2, 0.25) is 0 Å². The largest absolute Gasteiger partial charge is 0.509 e. The summed E-state index contributed by atoms with van der Waals surface area (Å²) in [5.74, 6) is -2.15. The molecule has 4 rings (SSSR count). The van der Waals surface area contributed by atoms with E-state index < -0.39 is 40.7 Å². The van der Waals surface area contributed by atoms with E-state index in [4.69, 9.17) is 24.2 Å². The van der Waals surface area contributed by atoms with Gasteiger partial charge in [-0.05, 0) is 43.2 Å². The van der Waals surface area contributed by atoms with Gasteiger partial charge in [0.1, 0.15) is 30.1 Å². The van der Waals surface area contributed by atoms with Crippen LogP contribution in [0.25, 0.3) is 6.08 Å². The quantitative estimate of drug-likeness (QED) is 0.164. The maximum atomic E-state index is 15.4. The Balaban J connectivity index is 1.48. The number of allylic oxidation sites excluding steroid dienone is 2. The first-order valence-corrected chi connectivity index (χ1v) is 15.1. The molecular formula is C32H33F3N4O5S. The molecule has 2 atom stereocenters. The van der Waals surface area contributed by atoms with Gasteiger partial charge >= 0.3 is 6.16 Å². The molecule has 1 aliphatic rings. The van der Waals surface area contributed by atoms with Crippen molar-refractivity contribution < 1.29 is 36.9 Å². The number of hydrogen-bond donors (Lipinski definition) is 0. The summed E-state index contributed by atoms with van der Waals surface area (Å²) in [6, 6.07) is 9.19. The summed E-state index contributed by atoms with van der Waals surface area (Å²) in [4.78, 5) is 16.9. The summed E-state index contributed by atoms with van der Waals surface area (Å²) in [6.45, 7) is 5.95. The normalized spacial score (nSPS) is 19.0. The molecular weight excluding hydrogens is 609 g/mol. The molecule has 1 aliphatic heterocycles. The number of hydrogen-bond acceptors (Lipinski definition) is 9. The number of nitrogens with zero attached hydrogens (tertiary/aromatic N) is 4. The van der Waals surface area contributed by atoms with Crippen LogP contribution in [-0.4, -0.2) is 57.5 Å². The van der Waals surface area contributed by atoms with Crippen molar-refractivity contribution in [1.82, 2.24) is 14.8 Å². The number of nitriles is 1. The van der Waals surface area contributed by atoms with E-state index in [1.54, 1.807) is 31.2 Å². The van der Waals surface area contributed by atoms with E-state index in [1.807, 2.05) is 19.9 Å². The Morgan fingerprint density at radius 1 is 1.16 bits per heavy atom. The number of benzene rings is 2. The lowest BCUT2D eigenvalue weighted by Gasteiger charge is -2.40. The number of thioether (sulfide) groups is 1. The molecule has 0 aliphatic carbocycles. The highest BCUT2D eigenvalue weighted by atomic mass is 32.2. The van der Waals surface area contributed by atoms with Crippen LogP contribution in [0.2, 0.25) is 0 Å². The molecule has 1 unspecified atom stereocenters. The lowest BCUT2D eigenvalue weighted by Crippen LogP contribution is -2.47. The predicted molar refractivity (Wildman–Crippen MR) is 161 cm³/mol. The second kappa shape index (κ2) is 15.7. The fourth-order valence-corrected chi connectivity index (χ4v) is 5.90. The fraction of sp³-hybridized carbons (Fsp3) is 0.375. The molecule has 0 amide bonds. The highest BCUT2D eigenvalue weighted by Gasteiger charge is 2.47. The van der Waals surface area contributed by atoms with Crippen LogP contribution in [0.15, 0.2) is 67.3 Å². The van der Waals surface area contributed by atoms with E-state index in [2.05, 4.69) is 10.1 Å². The Bertz CT molecular complexity index is 1540. The third kappa shape index (κ3) is 9.20. The maximum absolute atomic E-state index is 15.4. The fourth-order valence-electron chi connectivity index (χ4n) is 4.54. The maximum Gasteiger partial charge on any atom is 0.509 e. The Hall–Kier alpha value is -4.12. The smallest absolute Gasteiger partial charge is 0.434 e. The van der Waals surface area contributed by atoms with Gasteiger partial charge in [-0.25, -0.2) is 27.6 Å². The van der Waals surface area contributed by atoms with E-state index in [0.29, 0.717) is 5.56 Å². The van der Waals surface area contributed by atoms with Crippen molar-refractivity contribution in [1.29, 1.82) is 5.26 Å². The first kappa shape index (κ1) is 33.8. The van der Waals surface area contributed by atoms with Gasteiger partial charge in [0, 0.05) is 22.4 Å². The summed E-state index contributed by atoms with van der Waals surface area (Å²) in [5, 5.41) is 12.1. The predicted octanol–water partition coefficient (Wildman–Crippen LogP) is 6.40. The van der Waals surface area contributed by atoms with Crippen molar-refractivity contribution in [3.8, 4) is 6.07 Å². The average Bonchev–Trinajstić information content (AvgIpc) is 3.52.